The van der Waals surface area contributed by atoms with E-state index in [-0.39, 0.29) is 0 Å². The van der Waals surface area contributed by atoms with E-state index in [0.717, 1.165) is 25.2 Å². The molecule has 1 aliphatic heterocycles. The van der Waals surface area contributed by atoms with Crippen LogP contribution in [0, 0.1) is 0 Å². The third-order valence-electron chi connectivity index (χ3n) is 5.11. The summed E-state index contributed by atoms with van der Waals surface area (Å²) in [6, 6.07) is 15.9. The van der Waals surface area contributed by atoms with Gasteiger partial charge in [0.25, 0.3) is 0 Å². The van der Waals surface area contributed by atoms with Gasteiger partial charge in [-0.2, -0.15) is 0 Å². The number of hydrogen-bond acceptors (Lipinski definition) is 2. The van der Waals surface area contributed by atoms with E-state index in [0.29, 0.717) is 6.04 Å². The molecular weight excluding hydrogens is 256 g/mol. The van der Waals surface area contributed by atoms with E-state index < -0.39 is 0 Å². The van der Waals surface area contributed by atoms with Crippen LogP contribution in [0.2, 0.25) is 0 Å². The SMILES string of the molecule is Nc1cccc2c1CCN(C1CCCc3ccccc31)C2. The molecule has 2 heteroatoms. The first kappa shape index (κ1) is 12.9. The maximum atomic E-state index is 6.12. The van der Waals surface area contributed by atoms with Gasteiger partial charge in [-0.05, 0) is 54.0 Å². The predicted octanol–water partition coefficient (Wildman–Crippen LogP) is 3.70. The summed E-state index contributed by atoms with van der Waals surface area (Å²) in [4.78, 5) is 2.65. The minimum atomic E-state index is 0.588. The highest BCUT2D eigenvalue weighted by Crippen LogP contribution is 2.37. The van der Waals surface area contributed by atoms with Crippen LogP contribution in [0.3, 0.4) is 0 Å². The van der Waals surface area contributed by atoms with E-state index >= 15 is 0 Å². The number of benzene rings is 2. The fraction of sp³-hybridized carbons (Fsp3) is 0.368. The van der Waals surface area contributed by atoms with Crippen LogP contribution in [0.25, 0.3) is 0 Å². The number of hydrogen-bond donors (Lipinski definition) is 1. The summed E-state index contributed by atoms with van der Waals surface area (Å²) < 4.78 is 0. The van der Waals surface area contributed by atoms with Crippen LogP contribution >= 0.6 is 0 Å². The van der Waals surface area contributed by atoms with Gasteiger partial charge in [0.05, 0.1) is 0 Å². The van der Waals surface area contributed by atoms with Gasteiger partial charge < -0.3 is 5.73 Å². The molecule has 0 saturated heterocycles. The third kappa shape index (κ3) is 2.24. The monoisotopic (exact) mass is 278 g/mol. The Kier molecular flexibility index (Phi) is 3.19. The molecule has 108 valence electrons. The fourth-order valence-corrected chi connectivity index (χ4v) is 4.03. The van der Waals surface area contributed by atoms with Gasteiger partial charge >= 0.3 is 0 Å². The minimum Gasteiger partial charge on any atom is -0.398 e. The molecule has 2 aliphatic rings. The Morgan fingerprint density at radius 1 is 0.952 bits per heavy atom. The summed E-state index contributed by atoms with van der Waals surface area (Å²) >= 11 is 0. The Morgan fingerprint density at radius 3 is 2.76 bits per heavy atom. The lowest BCUT2D eigenvalue weighted by Gasteiger charge is -2.39. The fourth-order valence-electron chi connectivity index (χ4n) is 4.03. The maximum absolute atomic E-state index is 6.12. The molecule has 1 unspecified atom stereocenters. The van der Waals surface area contributed by atoms with Crippen LogP contribution in [-0.4, -0.2) is 11.4 Å². The highest BCUT2D eigenvalue weighted by atomic mass is 15.2. The maximum Gasteiger partial charge on any atom is 0.0354 e. The lowest BCUT2D eigenvalue weighted by atomic mass is 9.85. The zero-order valence-corrected chi connectivity index (χ0v) is 12.4. The van der Waals surface area contributed by atoms with Gasteiger partial charge in [0.15, 0.2) is 0 Å². The summed E-state index contributed by atoms with van der Waals surface area (Å²) in [5, 5.41) is 0. The Morgan fingerprint density at radius 2 is 1.81 bits per heavy atom. The zero-order chi connectivity index (χ0) is 14.2. The van der Waals surface area contributed by atoms with Crippen molar-refractivity contribution in [3.05, 3.63) is 64.7 Å². The van der Waals surface area contributed by atoms with Gasteiger partial charge in [0.1, 0.15) is 0 Å². The Bertz CT molecular complexity index is 662. The van der Waals surface area contributed by atoms with Gasteiger partial charge in [-0.15, -0.1) is 0 Å². The summed E-state index contributed by atoms with van der Waals surface area (Å²) in [6.07, 6.45) is 4.92. The van der Waals surface area contributed by atoms with Crippen LogP contribution in [0.4, 0.5) is 5.69 Å². The summed E-state index contributed by atoms with van der Waals surface area (Å²) in [5.74, 6) is 0. The molecule has 0 amide bonds. The van der Waals surface area contributed by atoms with Crippen molar-refractivity contribution >= 4 is 5.69 Å². The molecule has 2 aromatic rings. The number of nitrogen functional groups attached to an aromatic ring is 1. The first-order valence-corrected chi connectivity index (χ1v) is 8.01. The topological polar surface area (TPSA) is 29.3 Å². The predicted molar refractivity (Wildman–Crippen MR) is 87.1 cm³/mol. The van der Waals surface area contributed by atoms with Gasteiger partial charge in [0.2, 0.25) is 0 Å². The van der Waals surface area contributed by atoms with Crippen molar-refractivity contribution in [3.8, 4) is 0 Å². The van der Waals surface area contributed by atoms with Crippen LogP contribution in [0.5, 0.6) is 0 Å². The van der Waals surface area contributed by atoms with Crippen molar-refractivity contribution in [1.82, 2.24) is 4.90 Å². The molecule has 2 nitrogen and oxygen atoms in total. The number of nitrogens with two attached hydrogens (primary N) is 1. The quantitative estimate of drug-likeness (QED) is 0.806. The molecule has 0 bridgehead atoms. The molecular formula is C19H22N2. The van der Waals surface area contributed by atoms with Crippen LogP contribution in [0.15, 0.2) is 42.5 Å². The molecule has 0 saturated carbocycles. The zero-order valence-electron chi connectivity index (χ0n) is 12.4. The second-order valence-electron chi connectivity index (χ2n) is 6.31. The molecule has 0 radical (unpaired) electrons. The van der Waals surface area contributed by atoms with Crippen molar-refractivity contribution in [2.45, 2.75) is 38.3 Å². The number of aryl methyl sites for hydroxylation is 1. The lowest BCUT2D eigenvalue weighted by molar-refractivity contribution is 0.162. The standard InChI is InChI=1S/C19H22N2/c20-18-9-3-7-15-13-21(12-11-16(15)18)19-10-4-6-14-5-1-2-8-17(14)19/h1-3,5,7-9,19H,4,6,10-13,20H2. The molecule has 0 aromatic heterocycles. The summed E-state index contributed by atoms with van der Waals surface area (Å²) in [5.41, 5.74) is 13.0. The second kappa shape index (κ2) is 5.19. The van der Waals surface area contributed by atoms with Gasteiger partial charge in [-0.3, -0.25) is 4.90 Å². The largest absolute Gasteiger partial charge is 0.398 e. The van der Waals surface area contributed by atoms with Crippen LogP contribution in [-0.2, 0) is 19.4 Å². The van der Waals surface area contributed by atoms with Crippen molar-refractivity contribution in [1.29, 1.82) is 0 Å². The molecule has 1 atom stereocenters. The first-order valence-electron chi connectivity index (χ1n) is 8.01. The smallest absolute Gasteiger partial charge is 0.0354 e. The second-order valence-corrected chi connectivity index (χ2v) is 6.31. The van der Waals surface area contributed by atoms with Gasteiger partial charge in [-0.1, -0.05) is 36.4 Å². The molecule has 1 heterocycles. The van der Waals surface area contributed by atoms with Crippen LogP contribution < -0.4 is 5.73 Å². The average Bonchev–Trinajstić information content (AvgIpc) is 2.54. The number of anilines is 1. The lowest BCUT2D eigenvalue weighted by Crippen LogP contribution is -2.36. The highest BCUT2D eigenvalue weighted by molar-refractivity contribution is 5.52. The number of nitrogens with zero attached hydrogens (tertiary/aromatic N) is 1. The van der Waals surface area contributed by atoms with E-state index in [4.69, 9.17) is 5.73 Å². The van der Waals surface area contributed by atoms with Crippen molar-refractivity contribution in [2.24, 2.45) is 0 Å². The number of fused-ring (bicyclic) bond motifs is 2. The molecule has 4 rings (SSSR count). The Hall–Kier alpha value is -1.80. The molecule has 0 fully saturated rings. The van der Waals surface area contributed by atoms with E-state index in [9.17, 15) is 0 Å². The summed E-state index contributed by atoms with van der Waals surface area (Å²) in [6.45, 7) is 2.17. The van der Waals surface area contributed by atoms with Gasteiger partial charge in [-0.25, -0.2) is 0 Å². The molecule has 21 heavy (non-hydrogen) atoms. The summed E-state index contributed by atoms with van der Waals surface area (Å²) in [7, 11) is 0. The minimum absolute atomic E-state index is 0.588. The molecule has 1 aliphatic carbocycles. The third-order valence-corrected chi connectivity index (χ3v) is 5.11. The van der Waals surface area contributed by atoms with E-state index in [1.807, 2.05) is 6.07 Å². The number of rotatable bonds is 1. The van der Waals surface area contributed by atoms with Crippen molar-refractivity contribution in [3.63, 3.8) is 0 Å². The first-order chi connectivity index (χ1) is 10.3. The molecule has 2 N–H and O–H groups in total. The van der Waals surface area contributed by atoms with E-state index in [2.05, 4.69) is 41.3 Å². The van der Waals surface area contributed by atoms with Crippen molar-refractivity contribution in [2.75, 3.05) is 12.3 Å². The molecule has 2 aromatic carbocycles. The average molecular weight is 278 g/mol. The Labute approximate surface area is 126 Å². The Balaban J connectivity index is 1.65. The molecule has 0 spiro atoms. The van der Waals surface area contributed by atoms with Crippen LogP contribution in [0.1, 0.15) is 41.1 Å². The van der Waals surface area contributed by atoms with E-state index in [1.165, 1.54) is 30.4 Å². The highest BCUT2D eigenvalue weighted by Gasteiger charge is 2.28. The normalized spacial score (nSPS) is 21.6. The van der Waals surface area contributed by atoms with Crippen molar-refractivity contribution < 1.29 is 0 Å². The van der Waals surface area contributed by atoms with Gasteiger partial charge in [0, 0.05) is 24.8 Å². The van der Waals surface area contributed by atoms with E-state index in [1.54, 1.807) is 11.1 Å².